The van der Waals surface area contributed by atoms with E-state index >= 15 is 0 Å². The van der Waals surface area contributed by atoms with Crippen molar-refractivity contribution in [3.63, 3.8) is 0 Å². The molecule has 3 rings (SSSR count). The van der Waals surface area contributed by atoms with Crippen molar-refractivity contribution in [2.24, 2.45) is 5.73 Å². The monoisotopic (exact) mass is 387 g/mol. The van der Waals surface area contributed by atoms with E-state index in [1.807, 2.05) is 59.5 Å². The summed E-state index contributed by atoms with van der Waals surface area (Å²) in [6, 6.07) is 17.1. The molecule has 27 heavy (non-hydrogen) atoms. The fourth-order valence-electron chi connectivity index (χ4n) is 3.24. The molecule has 1 saturated heterocycles. The van der Waals surface area contributed by atoms with Gasteiger partial charge in [-0.05, 0) is 29.5 Å². The fourth-order valence-corrected chi connectivity index (χ4v) is 3.24. The van der Waals surface area contributed by atoms with E-state index in [1.54, 1.807) is 0 Å². The Hall–Kier alpha value is -2.37. The van der Waals surface area contributed by atoms with E-state index in [1.165, 1.54) is 0 Å². The van der Waals surface area contributed by atoms with Crippen molar-refractivity contribution in [1.82, 2.24) is 10.2 Å². The number of nitrogens with zero attached hydrogens (tertiary/aromatic N) is 1. The summed E-state index contributed by atoms with van der Waals surface area (Å²) >= 11 is 0. The van der Waals surface area contributed by atoms with Crippen LogP contribution >= 0.6 is 12.4 Å². The highest BCUT2D eigenvalue weighted by Gasteiger charge is 2.21. The quantitative estimate of drug-likeness (QED) is 0.766. The first-order valence-corrected chi connectivity index (χ1v) is 9.05. The Bertz CT molecular complexity index is 767. The highest BCUT2D eigenvalue weighted by atomic mass is 35.5. The van der Waals surface area contributed by atoms with Crippen LogP contribution in [0.3, 0.4) is 0 Å². The third-order valence-electron chi connectivity index (χ3n) is 4.74. The van der Waals surface area contributed by atoms with Gasteiger partial charge in [0.15, 0.2) is 0 Å². The number of carbonyl (C=O) groups is 2. The van der Waals surface area contributed by atoms with Gasteiger partial charge in [-0.15, -0.1) is 12.4 Å². The largest absolute Gasteiger partial charge is 0.351 e. The van der Waals surface area contributed by atoms with Gasteiger partial charge in [0.25, 0.3) is 0 Å². The molecule has 5 nitrogen and oxygen atoms in total. The number of carbonyl (C=O) groups excluding carboxylic acids is 2. The Balaban J connectivity index is 0.00000261. The van der Waals surface area contributed by atoms with Gasteiger partial charge in [0.05, 0.1) is 6.04 Å². The number of halogens is 1. The van der Waals surface area contributed by atoms with Gasteiger partial charge in [0.1, 0.15) is 0 Å². The molecule has 2 aromatic carbocycles. The summed E-state index contributed by atoms with van der Waals surface area (Å²) in [7, 11) is 0. The summed E-state index contributed by atoms with van der Waals surface area (Å²) in [6.07, 6.45) is 2.07. The number of nitrogens with two attached hydrogens (primary N) is 1. The maximum Gasteiger partial charge on any atom is 0.237 e. The van der Waals surface area contributed by atoms with Crippen LogP contribution in [0.15, 0.2) is 54.6 Å². The second-order valence-electron chi connectivity index (χ2n) is 6.70. The van der Waals surface area contributed by atoms with Crippen LogP contribution in [0.1, 0.15) is 29.5 Å². The van der Waals surface area contributed by atoms with Gasteiger partial charge in [-0.1, -0.05) is 54.6 Å². The van der Waals surface area contributed by atoms with Gasteiger partial charge < -0.3 is 16.0 Å². The number of nitrogens with one attached hydrogen (secondary N) is 1. The molecule has 1 unspecified atom stereocenters. The third kappa shape index (κ3) is 5.81. The standard InChI is InChI=1S/C21H25N3O2.ClH/c22-19(13-16-7-2-1-3-8-16)21(26)23-14-17-9-4-5-10-18(17)15-24-12-6-11-20(24)25;/h1-5,7-10,19H,6,11-15,22H2,(H,23,26);1H. The number of benzene rings is 2. The summed E-state index contributed by atoms with van der Waals surface area (Å²) < 4.78 is 0. The van der Waals surface area contributed by atoms with Gasteiger partial charge in [0.2, 0.25) is 11.8 Å². The summed E-state index contributed by atoms with van der Waals surface area (Å²) in [5.74, 6) is 0.0367. The zero-order valence-corrected chi connectivity index (χ0v) is 16.1. The minimum atomic E-state index is -0.579. The van der Waals surface area contributed by atoms with Crippen molar-refractivity contribution < 1.29 is 9.59 Å². The summed E-state index contributed by atoms with van der Waals surface area (Å²) in [5.41, 5.74) is 9.17. The summed E-state index contributed by atoms with van der Waals surface area (Å²) in [6.45, 7) is 1.82. The number of hydrogen-bond donors (Lipinski definition) is 2. The van der Waals surface area contributed by atoms with E-state index in [0.717, 1.165) is 29.7 Å². The molecule has 144 valence electrons. The first-order chi connectivity index (χ1) is 12.6. The molecule has 3 N–H and O–H groups in total. The highest BCUT2D eigenvalue weighted by molar-refractivity contribution is 5.85. The van der Waals surface area contributed by atoms with Crippen LogP contribution in [0.5, 0.6) is 0 Å². The molecule has 1 fully saturated rings. The molecule has 1 heterocycles. The smallest absolute Gasteiger partial charge is 0.237 e. The normalized spacial score (nSPS) is 14.6. The average molecular weight is 388 g/mol. The van der Waals surface area contributed by atoms with Gasteiger partial charge in [-0.2, -0.15) is 0 Å². The Morgan fingerprint density at radius 1 is 1.07 bits per heavy atom. The second kappa shape index (κ2) is 10.1. The topological polar surface area (TPSA) is 75.4 Å². The van der Waals surface area contributed by atoms with Crippen molar-refractivity contribution in [1.29, 1.82) is 0 Å². The molecule has 0 aromatic heterocycles. The van der Waals surface area contributed by atoms with Crippen LogP contribution in [0, 0.1) is 0 Å². The minimum absolute atomic E-state index is 0. The molecule has 0 spiro atoms. The van der Waals surface area contributed by atoms with Gasteiger partial charge in [0, 0.05) is 26.1 Å². The lowest BCUT2D eigenvalue weighted by molar-refractivity contribution is -0.128. The molecular formula is C21H26ClN3O2. The number of hydrogen-bond acceptors (Lipinski definition) is 3. The van der Waals surface area contributed by atoms with Gasteiger partial charge in [-0.3, -0.25) is 9.59 Å². The Kier molecular flexibility index (Phi) is 7.82. The van der Waals surface area contributed by atoms with Gasteiger partial charge >= 0.3 is 0 Å². The van der Waals surface area contributed by atoms with Crippen LogP contribution in [-0.2, 0) is 29.1 Å². The average Bonchev–Trinajstić information content (AvgIpc) is 3.06. The van der Waals surface area contributed by atoms with Crippen LogP contribution < -0.4 is 11.1 Å². The molecule has 1 atom stereocenters. The van der Waals surface area contributed by atoms with E-state index in [9.17, 15) is 9.59 Å². The summed E-state index contributed by atoms with van der Waals surface area (Å²) in [5, 5.41) is 2.93. The lowest BCUT2D eigenvalue weighted by Gasteiger charge is -2.19. The van der Waals surface area contributed by atoms with E-state index in [-0.39, 0.29) is 24.2 Å². The first-order valence-electron chi connectivity index (χ1n) is 9.05. The fraction of sp³-hybridized carbons (Fsp3) is 0.333. The molecule has 0 saturated carbocycles. The van der Waals surface area contributed by atoms with E-state index in [4.69, 9.17) is 5.73 Å². The molecule has 0 aliphatic carbocycles. The van der Waals surface area contributed by atoms with Crippen molar-refractivity contribution in [3.8, 4) is 0 Å². The molecule has 2 amide bonds. The summed E-state index contributed by atoms with van der Waals surface area (Å²) in [4.78, 5) is 26.1. The maximum absolute atomic E-state index is 12.3. The van der Waals surface area contributed by atoms with E-state index < -0.39 is 6.04 Å². The Morgan fingerprint density at radius 2 is 1.74 bits per heavy atom. The molecule has 0 bridgehead atoms. The number of likely N-dealkylation sites (tertiary alicyclic amines) is 1. The number of amides is 2. The van der Waals surface area contributed by atoms with Crippen molar-refractivity contribution in [2.45, 2.75) is 38.4 Å². The highest BCUT2D eigenvalue weighted by Crippen LogP contribution is 2.17. The zero-order chi connectivity index (χ0) is 18.4. The van der Waals surface area contributed by atoms with Crippen LogP contribution in [0.4, 0.5) is 0 Å². The van der Waals surface area contributed by atoms with E-state index in [0.29, 0.717) is 25.9 Å². The molecule has 1 aliphatic rings. The first kappa shape index (κ1) is 20.9. The predicted octanol–water partition coefficient (Wildman–Crippen LogP) is 2.42. The Labute approximate surface area is 166 Å². The molecule has 2 aromatic rings. The maximum atomic E-state index is 12.3. The number of rotatable bonds is 7. The molecule has 1 aliphatic heterocycles. The third-order valence-corrected chi connectivity index (χ3v) is 4.74. The SMILES string of the molecule is Cl.NC(Cc1ccccc1)C(=O)NCc1ccccc1CN1CCCC1=O. The zero-order valence-electron chi connectivity index (χ0n) is 15.3. The molecule has 0 radical (unpaired) electrons. The molecule has 6 heteroatoms. The minimum Gasteiger partial charge on any atom is -0.351 e. The Morgan fingerprint density at radius 3 is 2.41 bits per heavy atom. The second-order valence-corrected chi connectivity index (χ2v) is 6.70. The predicted molar refractivity (Wildman–Crippen MR) is 108 cm³/mol. The van der Waals surface area contributed by atoms with Crippen LogP contribution in [0.2, 0.25) is 0 Å². The van der Waals surface area contributed by atoms with Crippen LogP contribution in [-0.4, -0.2) is 29.3 Å². The van der Waals surface area contributed by atoms with Crippen molar-refractivity contribution >= 4 is 24.2 Å². The lowest BCUT2D eigenvalue weighted by atomic mass is 10.0. The van der Waals surface area contributed by atoms with Crippen LogP contribution in [0.25, 0.3) is 0 Å². The van der Waals surface area contributed by atoms with Crippen molar-refractivity contribution in [2.75, 3.05) is 6.54 Å². The van der Waals surface area contributed by atoms with Gasteiger partial charge in [-0.25, -0.2) is 0 Å². The van der Waals surface area contributed by atoms with E-state index in [2.05, 4.69) is 5.32 Å². The van der Waals surface area contributed by atoms with Crippen molar-refractivity contribution in [3.05, 3.63) is 71.3 Å². The lowest BCUT2D eigenvalue weighted by Crippen LogP contribution is -2.41. The molecular weight excluding hydrogens is 362 g/mol.